The number of likely N-dealkylation sites (N-methyl/N-ethyl adjacent to an activating group) is 1. The molecule has 0 fully saturated rings. The van der Waals surface area contributed by atoms with Gasteiger partial charge in [-0.25, -0.2) is 9.97 Å². The third-order valence-electron chi connectivity index (χ3n) is 3.19. The minimum absolute atomic E-state index is 0.259. The molecule has 18 heavy (non-hydrogen) atoms. The van der Waals surface area contributed by atoms with Crippen LogP contribution in [-0.4, -0.2) is 25.6 Å². The van der Waals surface area contributed by atoms with E-state index >= 15 is 0 Å². The predicted molar refractivity (Wildman–Crippen MR) is 71.2 cm³/mol. The highest BCUT2D eigenvalue weighted by Crippen LogP contribution is 2.16. The Bertz CT molecular complexity index is 485. The van der Waals surface area contributed by atoms with E-state index in [2.05, 4.69) is 38.3 Å². The van der Waals surface area contributed by atoms with Gasteiger partial charge in [0.15, 0.2) is 0 Å². The summed E-state index contributed by atoms with van der Waals surface area (Å²) in [6.07, 6.45) is 8.54. The van der Waals surface area contributed by atoms with Crippen molar-refractivity contribution < 1.29 is 0 Å². The van der Waals surface area contributed by atoms with Gasteiger partial charge in [-0.3, -0.25) is 0 Å². The molecule has 0 bridgehead atoms. The molecule has 0 aliphatic rings. The SMILES string of the molecule is CCNC(Cc1nccn1CC)c1cncn1C. The largest absolute Gasteiger partial charge is 0.336 e. The van der Waals surface area contributed by atoms with Crippen LogP contribution in [0.2, 0.25) is 0 Å². The van der Waals surface area contributed by atoms with Crippen molar-refractivity contribution >= 4 is 0 Å². The van der Waals surface area contributed by atoms with E-state index in [9.17, 15) is 0 Å². The van der Waals surface area contributed by atoms with Crippen molar-refractivity contribution in [2.24, 2.45) is 7.05 Å². The van der Waals surface area contributed by atoms with Crippen LogP contribution in [0.5, 0.6) is 0 Å². The van der Waals surface area contributed by atoms with E-state index in [1.807, 2.05) is 32.0 Å². The van der Waals surface area contributed by atoms with E-state index < -0.39 is 0 Å². The van der Waals surface area contributed by atoms with Crippen LogP contribution in [0.3, 0.4) is 0 Å². The first-order valence-corrected chi connectivity index (χ1v) is 6.45. The molecule has 0 aliphatic heterocycles. The Labute approximate surface area is 108 Å². The molecule has 5 heteroatoms. The van der Waals surface area contributed by atoms with E-state index in [1.54, 1.807) is 0 Å². The number of hydrogen-bond donors (Lipinski definition) is 1. The van der Waals surface area contributed by atoms with Crippen LogP contribution in [-0.2, 0) is 20.0 Å². The summed E-state index contributed by atoms with van der Waals surface area (Å²) in [5.74, 6) is 1.12. The molecule has 1 N–H and O–H groups in total. The number of hydrogen-bond acceptors (Lipinski definition) is 3. The molecule has 2 aromatic rings. The molecular weight excluding hydrogens is 226 g/mol. The quantitative estimate of drug-likeness (QED) is 0.842. The Morgan fingerprint density at radius 2 is 2.22 bits per heavy atom. The summed E-state index contributed by atoms with van der Waals surface area (Å²) in [5, 5.41) is 3.50. The summed E-state index contributed by atoms with van der Waals surface area (Å²) in [6, 6.07) is 0.259. The molecule has 0 saturated heterocycles. The van der Waals surface area contributed by atoms with Gasteiger partial charge in [-0.2, -0.15) is 0 Å². The molecule has 1 atom stereocenters. The Balaban J connectivity index is 2.19. The summed E-state index contributed by atoms with van der Waals surface area (Å²) < 4.78 is 4.24. The minimum atomic E-state index is 0.259. The predicted octanol–water partition coefficient (Wildman–Crippen LogP) is 1.53. The number of aryl methyl sites for hydroxylation is 2. The van der Waals surface area contributed by atoms with Gasteiger partial charge in [-0.15, -0.1) is 0 Å². The monoisotopic (exact) mass is 247 g/mol. The lowest BCUT2D eigenvalue weighted by Crippen LogP contribution is -2.26. The van der Waals surface area contributed by atoms with Crippen molar-refractivity contribution in [3.8, 4) is 0 Å². The van der Waals surface area contributed by atoms with Gasteiger partial charge in [-0.1, -0.05) is 6.92 Å². The first kappa shape index (κ1) is 12.8. The van der Waals surface area contributed by atoms with Crippen LogP contribution >= 0.6 is 0 Å². The maximum absolute atomic E-state index is 4.44. The molecule has 0 spiro atoms. The van der Waals surface area contributed by atoms with E-state index in [0.29, 0.717) is 0 Å². The van der Waals surface area contributed by atoms with Crippen LogP contribution in [0, 0.1) is 0 Å². The van der Waals surface area contributed by atoms with Crippen molar-refractivity contribution in [1.82, 2.24) is 24.4 Å². The zero-order valence-electron chi connectivity index (χ0n) is 11.3. The van der Waals surface area contributed by atoms with Crippen molar-refractivity contribution in [1.29, 1.82) is 0 Å². The molecular formula is C13H21N5. The molecule has 1 unspecified atom stereocenters. The normalized spacial score (nSPS) is 12.8. The van der Waals surface area contributed by atoms with Crippen molar-refractivity contribution in [3.63, 3.8) is 0 Å². The van der Waals surface area contributed by atoms with Gasteiger partial charge in [0.1, 0.15) is 5.82 Å². The van der Waals surface area contributed by atoms with Crippen LogP contribution < -0.4 is 5.32 Å². The van der Waals surface area contributed by atoms with Crippen LogP contribution in [0.15, 0.2) is 24.9 Å². The fraction of sp³-hybridized carbons (Fsp3) is 0.538. The molecule has 2 rings (SSSR count). The first-order chi connectivity index (χ1) is 8.76. The second-order valence-corrected chi connectivity index (χ2v) is 4.37. The molecule has 0 aliphatic carbocycles. The minimum Gasteiger partial charge on any atom is -0.336 e. The highest BCUT2D eigenvalue weighted by Gasteiger charge is 2.16. The van der Waals surface area contributed by atoms with Crippen molar-refractivity contribution in [2.45, 2.75) is 32.9 Å². The van der Waals surface area contributed by atoms with Gasteiger partial charge in [0, 0.05) is 38.6 Å². The lowest BCUT2D eigenvalue weighted by molar-refractivity contribution is 0.498. The third kappa shape index (κ3) is 2.61. The standard InChI is InChI=1S/C13H21N5/c1-4-15-11(12-9-14-10-17(12)3)8-13-16-6-7-18(13)5-2/h6-7,9-11,15H,4-5,8H2,1-3H3. The zero-order chi connectivity index (χ0) is 13.0. The van der Waals surface area contributed by atoms with Gasteiger partial charge in [0.05, 0.1) is 18.1 Å². The van der Waals surface area contributed by atoms with Crippen LogP contribution in [0.25, 0.3) is 0 Å². The Morgan fingerprint density at radius 1 is 1.39 bits per heavy atom. The second-order valence-electron chi connectivity index (χ2n) is 4.37. The number of rotatable bonds is 6. The lowest BCUT2D eigenvalue weighted by Gasteiger charge is -2.18. The van der Waals surface area contributed by atoms with Gasteiger partial charge in [0.25, 0.3) is 0 Å². The van der Waals surface area contributed by atoms with Crippen molar-refractivity contribution in [2.75, 3.05) is 6.54 Å². The second kappa shape index (κ2) is 5.82. The molecule has 5 nitrogen and oxygen atoms in total. The topological polar surface area (TPSA) is 47.7 Å². The molecule has 2 aromatic heterocycles. The first-order valence-electron chi connectivity index (χ1n) is 6.45. The Morgan fingerprint density at radius 3 is 2.83 bits per heavy atom. The van der Waals surface area contributed by atoms with E-state index in [-0.39, 0.29) is 6.04 Å². The molecule has 98 valence electrons. The van der Waals surface area contributed by atoms with Gasteiger partial charge < -0.3 is 14.5 Å². The van der Waals surface area contributed by atoms with Crippen LogP contribution in [0.1, 0.15) is 31.4 Å². The number of imidazole rings is 2. The fourth-order valence-electron chi connectivity index (χ4n) is 2.23. The smallest absolute Gasteiger partial charge is 0.110 e. The average molecular weight is 247 g/mol. The summed E-state index contributed by atoms with van der Waals surface area (Å²) >= 11 is 0. The number of nitrogens with zero attached hydrogens (tertiary/aromatic N) is 4. The fourth-order valence-corrected chi connectivity index (χ4v) is 2.23. The summed E-state index contributed by atoms with van der Waals surface area (Å²) in [4.78, 5) is 8.63. The molecule has 0 saturated carbocycles. The average Bonchev–Trinajstić information content (AvgIpc) is 2.97. The summed E-state index contributed by atoms with van der Waals surface area (Å²) in [6.45, 7) is 6.15. The molecule has 0 radical (unpaired) electrons. The molecule has 0 aromatic carbocycles. The van der Waals surface area contributed by atoms with Crippen molar-refractivity contribution in [3.05, 3.63) is 36.4 Å². The van der Waals surface area contributed by atoms with Gasteiger partial charge in [0.2, 0.25) is 0 Å². The van der Waals surface area contributed by atoms with E-state index in [0.717, 1.165) is 25.3 Å². The number of aromatic nitrogens is 4. The third-order valence-corrected chi connectivity index (χ3v) is 3.19. The highest BCUT2D eigenvalue weighted by atomic mass is 15.1. The van der Waals surface area contributed by atoms with E-state index in [4.69, 9.17) is 0 Å². The van der Waals surface area contributed by atoms with E-state index in [1.165, 1.54) is 5.69 Å². The summed E-state index contributed by atoms with van der Waals surface area (Å²) in [7, 11) is 2.03. The molecule has 2 heterocycles. The lowest BCUT2D eigenvalue weighted by atomic mass is 10.1. The van der Waals surface area contributed by atoms with Crippen LogP contribution in [0.4, 0.5) is 0 Å². The van der Waals surface area contributed by atoms with Gasteiger partial charge >= 0.3 is 0 Å². The molecule has 0 amide bonds. The zero-order valence-corrected chi connectivity index (χ0v) is 11.3. The maximum atomic E-state index is 4.44. The maximum Gasteiger partial charge on any atom is 0.110 e. The highest BCUT2D eigenvalue weighted by molar-refractivity contribution is 5.09. The Kier molecular flexibility index (Phi) is 4.15. The number of nitrogens with one attached hydrogen (secondary N) is 1. The Hall–Kier alpha value is -1.62. The van der Waals surface area contributed by atoms with Gasteiger partial charge in [-0.05, 0) is 13.5 Å². The summed E-state index contributed by atoms with van der Waals surface area (Å²) in [5.41, 5.74) is 1.20.